The van der Waals surface area contributed by atoms with Gasteiger partial charge in [0.25, 0.3) is 0 Å². The van der Waals surface area contributed by atoms with Crippen molar-refractivity contribution in [2.45, 2.75) is 18.3 Å². The van der Waals surface area contributed by atoms with Gasteiger partial charge in [-0.1, -0.05) is 0 Å². The number of aromatic nitrogens is 2. The minimum Gasteiger partial charge on any atom is -0.311 e. The second-order valence-electron chi connectivity index (χ2n) is 5.07. The standard InChI is InChI=1S/C12H16N4O/c1-15-4-2-12(3-5-15)7-16(9-17)10-6-13-8-14-11(10)12/h6,8-9H,2-5,7H2,1H3. The summed E-state index contributed by atoms with van der Waals surface area (Å²) < 4.78 is 0. The molecule has 1 fully saturated rings. The van der Waals surface area contributed by atoms with Gasteiger partial charge in [0.1, 0.15) is 6.33 Å². The molecule has 1 aromatic heterocycles. The molecule has 0 bridgehead atoms. The Morgan fingerprint density at radius 1 is 1.41 bits per heavy atom. The Bertz CT molecular complexity index is 440. The molecule has 90 valence electrons. The van der Waals surface area contributed by atoms with Gasteiger partial charge >= 0.3 is 0 Å². The minimum absolute atomic E-state index is 0.0612. The molecule has 1 aromatic rings. The number of piperidine rings is 1. The highest BCUT2D eigenvalue weighted by atomic mass is 16.1. The lowest BCUT2D eigenvalue weighted by atomic mass is 9.77. The predicted molar refractivity (Wildman–Crippen MR) is 63.9 cm³/mol. The van der Waals surface area contributed by atoms with Crippen molar-refractivity contribution in [3.63, 3.8) is 0 Å². The summed E-state index contributed by atoms with van der Waals surface area (Å²) in [6, 6.07) is 0. The molecule has 2 aliphatic heterocycles. The van der Waals surface area contributed by atoms with Gasteiger partial charge in [0, 0.05) is 12.0 Å². The minimum atomic E-state index is 0.0612. The molecule has 0 radical (unpaired) electrons. The predicted octanol–water partition coefficient (Wildman–Crippen LogP) is 0.416. The second kappa shape index (κ2) is 3.77. The number of fused-ring (bicyclic) bond motifs is 2. The maximum absolute atomic E-state index is 11.1. The summed E-state index contributed by atoms with van der Waals surface area (Å²) in [5.41, 5.74) is 2.02. The van der Waals surface area contributed by atoms with Crippen LogP contribution in [0.4, 0.5) is 5.69 Å². The molecule has 5 heteroatoms. The quantitative estimate of drug-likeness (QED) is 0.658. The molecule has 0 N–H and O–H groups in total. The van der Waals surface area contributed by atoms with Crippen LogP contribution in [0.25, 0.3) is 0 Å². The molecule has 1 saturated heterocycles. The van der Waals surface area contributed by atoms with E-state index >= 15 is 0 Å². The summed E-state index contributed by atoms with van der Waals surface area (Å²) in [4.78, 5) is 23.7. The van der Waals surface area contributed by atoms with E-state index in [1.165, 1.54) is 0 Å². The summed E-state index contributed by atoms with van der Waals surface area (Å²) in [7, 11) is 2.14. The molecule has 5 nitrogen and oxygen atoms in total. The first kappa shape index (κ1) is 10.7. The fraction of sp³-hybridized carbons (Fsp3) is 0.583. The molecule has 0 saturated carbocycles. The Labute approximate surface area is 100 Å². The van der Waals surface area contributed by atoms with Gasteiger partial charge in [-0.15, -0.1) is 0 Å². The van der Waals surface area contributed by atoms with E-state index in [0.29, 0.717) is 0 Å². The van der Waals surface area contributed by atoms with E-state index in [2.05, 4.69) is 21.9 Å². The van der Waals surface area contributed by atoms with Crippen molar-refractivity contribution in [1.82, 2.24) is 14.9 Å². The van der Waals surface area contributed by atoms with Crippen LogP contribution in [-0.4, -0.2) is 48.0 Å². The molecule has 17 heavy (non-hydrogen) atoms. The zero-order valence-corrected chi connectivity index (χ0v) is 9.96. The Balaban J connectivity index is 2.01. The first-order chi connectivity index (χ1) is 8.25. The van der Waals surface area contributed by atoms with Crippen LogP contribution < -0.4 is 4.90 Å². The largest absolute Gasteiger partial charge is 0.311 e. The summed E-state index contributed by atoms with van der Waals surface area (Å²) in [6.07, 6.45) is 6.38. The first-order valence-electron chi connectivity index (χ1n) is 5.96. The van der Waals surface area contributed by atoms with Crippen molar-refractivity contribution >= 4 is 12.1 Å². The molecule has 2 aliphatic rings. The van der Waals surface area contributed by atoms with Crippen LogP contribution >= 0.6 is 0 Å². The lowest BCUT2D eigenvalue weighted by Gasteiger charge is -2.37. The van der Waals surface area contributed by atoms with Crippen molar-refractivity contribution in [3.05, 3.63) is 18.2 Å². The van der Waals surface area contributed by atoms with Crippen molar-refractivity contribution in [2.75, 3.05) is 31.6 Å². The van der Waals surface area contributed by atoms with Crippen molar-refractivity contribution in [2.24, 2.45) is 0 Å². The maximum Gasteiger partial charge on any atom is 0.214 e. The molecule has 3 rings (SSSR count). The van der Waals surface area contributed by atoms with Gasteiger partial charge in [-0.25, -0.2) is 9.97 Å². The third-order valence-electron chi connectivity index (χ3n) is 4.05. The number of anilines is 1. The number of carbonyl (C=O) groups excluding carboxylic acids is 1. The van der Waals surface area contributed by atoms with Crippen LogP contribution in [0.15, 0.2) is 12.5 Å². The van der Waals surface area contributed by atoms with Crippen LogP contribution in [0.3, 0.4) is 0 Å². The zero-order valence-electron chi connectivity index (χ0n) is 9.96. The first-order valence-corrected chi connectivity index (χ1v) is 5.96. The number of rotatable bonds is 1. The lowest BCUT2D eigenvalue weighted by molar-refractivity contribution is -0.107. The normalized spacial score (nSPS) is 22.8. The molecule has 0 atom stereocenters. The van der Waals surface area contributed by atoms with Gasteiger partial charge in [-0.05, 0) is 33.0 Å². The maximum atomic E-state index is 11.1. The Hall–Kier alpha value is -1.49. The Morgan fingerprint density at radius 2 is 2.18 bits per heavy atom. The number of hydrogen-bond donors (Lipinski definition) is 0. The van der Waals surface area contributed by atoms with Gasteiger partial charge in [-0.2, -0.15) is 0 Å². The highest BCUT2D eigenvalue weighted by Crippen LogP contribution is 2.44. The van der Waals surface area contributed by atoms with Crippen LogP contribution in [0.5, 0.6) is 0 Å². The van der Waals surface area contributed by atoms with Gasteiger partial charge in [0.15, 0.2) is 0 Å². The molecule has 0 aliphatic carbocycles. The van der Waals surface area contributed by atoms with Crippen LogP contribution in [0.2, 0.25) is 0 Å². The van der Waals surface area contributed by atoms with Gasteiger partial charge in [0.05, 0.1) is 17.6 Å². The topological polar surface area (TPSA) is 49.3 Å². The summed E-state index contributed by atoms with van der Waals surface area (Å²) in [6.45, 7) is 2.89. The highest BCUT2D eigenvalue weighted by Gasteiger charge is 2.45. The van der Waals surface area contributed by atoms with Crippen molar-refractivity contribution in [1.29, 1.82) is 0 Å². The fourth-order valence-electron chi connectivity index (χ4n) is 2.96. The Morgan fingerprint density at radius 3 is 2.88 bits per heavy atom. The number of carbonyl (C=O) groups is 1. The fourth-order valence-corrected chi connectivity index (χ4v) is 2.96. The van der Waals surface area contributed by atoms with Crippen LogP contribution in [-0.2, 0) is 10.2 Å². The van der Waals surface area contributed by atoms with E-state index in [9.17, 15) is 4.79 Å². The molecule has 1 spiro atoms. The van der Waals surface area contributed by atoms with Gasteiger partial charge in [-0.3, -0.25) is 4.79 Å². The third-order valence-corrected chi connectivity index (χ3v) is 4.05. The monoisotopic (exact) mass is 232 g/mol. The summed E-state index contributed by atoms with van der Waals surface area (Å²) in [5.74, 6) is 0. The highest BCUT2D eigenvalue weighted by molar-refractivity contribution is 5.80. The molecular formula is C12H16N4O. The van der Waals surface area contributed by atoms with E-state index in [4.69, 9.17) is 0 Å². The third kappa shape index (κ3) is 1.53. The summed E-state index contributed by atoms with van der Waals surface area (Å²) >= 11 is 0. The van der Waals surface area contributed by atoms with Crippen LogP contribution in [0, 0.1) is 0 Å². The number of amides is 1. The average Bonchev–Trinajstić information content (AvgIpc) is 2.68. The summed E-state index contributed by atoms with van der Waals surface area (Å²) in [5, 5.41) is 0. The zero-order chi connectivity index (χ0) is 11.9. The number of hydrogen-bond acceptors (Lipinski definition) is 4. The van der Waals surface area contributed by atoms with E-state index in [0.717, 1.165) is 50.3 Å². The van der Waals surface area contributed by atoms with Crippen molar-refractivity contribution < 1.29 is 4.79 Å². The molecule has 1 amide bonds. The van der Waals surface area contributed by atoms with E-state index in [-0.39, 0.29) is 5.41 Å². The SMILES string of the molecule is CN1CCC2(CC1)CN(C=O)c1cncnc12. The van der Waals surface area contributed by atoms with Gasteiger partial charge < -0.3 is 9.80 Å². The van der Waals surface area contributed by atoms with Gasteiger partial charge in [0.2, 0.25) is 6.41 Å². The number of likely N-dealkylation sites (tertiary alicyclic amines) is 1. The average molecular weight is 232 g/mol. The Kier molecular flexibility index (Phi) is 2.36. The molecular weight excluding hydrogens is 216 g/mol. The van der Waals surface area contributed by atoms with E-state index < -0.39 is 0 Å². The van der Waals surface area contributed by atoms with Crippen LogP contribution in [0.1, 0.15) is 18.5 Å². The molecule has 0 unspecified atom stereocenters. The molecule has 0 aromatic carbocycles. The lowest BCUT2D eigenvalue weighted by Crippen LogP contribution is -2.43. The smallest absolute Gasteiger partial charge is 0.214 e. The second-order valence-corrected chi connectivity index (χ2v) is 5.07. The van der Waals surface area contributed by atoms with E-state index in [1.807, 2.05) is 0 Å². The number of nitrogens with zero attached hydrogens (tertiary/aromatic N) is 4. The molecule has 3 heterocycles. The van der Waals surface area contributed by atoms with Crippen molar-refractivity contribution in [3.8, 4) is 0 Å². The van der Waals surface area contributed by atoms with E-state index in [1.54, 1.807) is 17.4 Å².